The molecule has 10 heteroatoms. The molecule has 0 aliphatic carbocycles. The van der Waals surface area contributed by atoms with Crippen molar-refractivity contribution in [3.05, 3.63) is 72.2 Å². The Morgan fingerprint density at radius 3 is 2.70 bits per heavy atom. The van der Waals surface area contributed by atoms with Crippen LogP contribution in [0, 0.1) is 6.92 Å². The molecule has 1 aliphatic rings. The zero-order valence-corrected chi connectivity index (χ0v) is 23.9. The molecule has 0 spiro atoms. The quantitative estimate of drug-likeness (QED) is 0.334. The Morgan fingerprint density at radius 2 is 2.00 bits per heavy atom. The van der Waals surface area contributed by atoms with E-state index < -0.39 is 10.8 Å². The van der Waals surface area contributed by atoms with Gasteiger partial charge < -0.3 is 15.4 Å². The van der Waals surface area contributed by atoms with Crippen LogP contribution in [0.1, 0.15) is 44.7 Å². The minimum Gasteiger partial charge on any atom is -0.456 e. The molecule has 1 aliphatic heterocycles. The first-order valence-corrected chi connectivity index (χ1v) is 14.5. The Hall–Kier alpha value is -4.05. The van der Waals surface area contributed by atoms with Gasteiger partial charge in [-0.25, -0.2) is 0 Å². The molecular formula is C30H33N5O4S. The van der Waals surface area contributed by atoms with E-state index >= 15 is 0 Å². The maximum atomic E-state index is 13.2. The number of amides is 2. The van der Waals surface area contributed by atoms with Gasteiger partial charge >= 0.3 is 0 Å². The van der Waals surface area contributed by atoms with Crippen LogP contribution < -0.4 is 15.4 Å². The van der Waals surface area contributed by atoms with Crippen molar-refractivity contribution in [2.24, 2.45) is 0 Å². The third-order valence-corrected chi connectivity index (χ3v) is 8.53. The molecule has 3 heterocycles. The number of piperidine rings is 1. The van der Waals surface area contributed by atoms with Crippen molar-refractivity contribution in [3.8, 4) is 11.5 Å². The van der Waals surface area contributed by atoms with E-state index in [4.69, 9.17) is 4.74 Å². The number of nitrogens with zero attached hydrogens (tertiary/aromatic N) is 3. The van der Waals surface area contributed by atoms with E-state index in [2.05, 4.69) is 20.7 Å². The van der Waals surface area contributed by atoms with Crippen LogP contribution in [-0.4, -0.2) is 42.6 Å². The second-order valence-electron chi connectivity index (χ2n) is 11.0. The first kappa shape index (κ1) is 27.5. The first-order valence-electron chi connectivity index (χ1n) is 13.3. The standard InChI is InChI=1S/C30H33N5O4S/c1-19-13-20(14-29(37)34-21-16-33-35(18-21)30(2,3)4)5-9-26(19)39-27-11-12-31-25-8-6-22(15-24(25)27)40(38)23-7-10-28(36)32-17-23/h5-6,8-9,11-13,15-16,18,23H,7,10,14,17H2,1-4H3,(H,32,36)(H,34,37). The maximum Gasteiger partial charge on any atom is 0.228 e. The van der Waals surface area contributed by atoms with Gasteiger partial charge in [-0.05, 0) is 75.6 Å². The molecule has 4 aromatic rings. The minimum atomic E-state index is -1.27. The Kier molecular flexibility index (Phi) is 7.71. The van der Waals surface area contributed by atoms with Gasteiger partial charge in [0.1, 0.15) is 11.5 Å². The number of benzene rings is 2. The van der Waals surface area contributed by atoms with Gasteiger partial charge in [-0.2, -0.15) is 5.10 Å². The number of pyridine rings is 1. The predicted molar refractivity (Wildman–Crippen MR) is 155 cm³/mol. The fourth-order valence-corrected chi connectivity index (χ4v) is 5.99. The molecule has 2 aromatic carbocycles. The number of aryl methyl sites for hydroxylation is 1. The predicted octanol–water partition coefficient (Wildman–Crippen LogP) is 4.85. The molecule has 0 radical (unpaired) electrons. The van der Waals surface area contributed by atoms with Crippen LogP contribution in [0.3, 0.4) is 0 Å². The van der Waals surface area contributed by atoms with Gasteiger partial charge in [-0.15, -0.1) is 0 Å². The number of aromatic nitrogens is 3. The summed E-state index contributed by atoms with van der Waals surface area (Å²) in [6.07, 6.45) is 6.36. The Balaban J connectivity index is 1.29. The van der Waals surface area contributed by atoms with Crippen molar-refractivity contribution in [2.45, 2.75) is 62.6 Å². The summed E-state index contributed by atoms with van der Waals surface area (Å²) < 4.78 is 21.3. The lowest BCUT2D eigenvalue weighted by molar-refractivity contribution is -0.122. The Morgan fingerprint density at radius 1 is 1.18 bits per heavy atom. The number of anilines is 1. The zero-order chi connectivity index (χ0) is 28.4. The molecular weight excluding hydrogens is 526 g/mol. The monoisotopic (exact) mass is 559 g/mol. The molecule has 1 saturated heterocycles. The molecule has 0 saturated carbocycles. The van der Waals surface area contributed by atoms with E-state index in [9.17, 15) is 13.8 Å². The molecule has 2 N–H and O–H groups in total. The van der Waals surface area contributed by atoms with Gasteiger partial charge in [-0.1, -0.05) is 12.1 Å². The summed E-state index contributed by atoms with van der Waals surface area (Å²) >= 11 is 0. The molecule has 2 unspecified atom stereocenters. The SMILES string of the molecule is Cc1cc(CC(=O)Nc2cnn(C(C)(C)C)c2)ccc1Oc1ccnc2ccc(S(=O)C3CCC(=O)NC3)cc12. The summed E-state index contributed by atoms with van der Waals surface area (Å²) in [5.74, 6) is 1.14. The molecule has 208 valence electrons. The second kappa shape index (κ2) is 11.2. The van der Waals surface area contributed by atoms with E-state index in [-0.39, 0.29) is 29.0 Å². The minimum absolute atomic E-state index is 0.00163. The average molecular weight is 560 g/mol. The van der Waals surface area contributed by atoms with E-state index in [1.165, 1.54) is 0 Å². The van der Waals surface area contributed by atoms with Gasteiger partial charge in [0.2, 0.25) is 11.8 Å². The highest BCUT2D eigenvalue weighted by Crippen LogP contribution is 2.33. The summed E-state index contributed by atoms with van der Waals surface area (Å²) in [6.45, 7) is 8.49. The molecule has 0 bridgehead atoms. The van der Waals surface area contributed by atoms with E-state index in [1.54, 1.807) is 18.5 Å². The van der Waals surface area contributed by atoms with Crippen LogP contribution in [0.4, 0.5) is 5.69 Å². The number of carbonyl (C=O) groups is 2. The van der Waals surface area contributed by atoms with Crippen molar-refractivity contribution >= 4 is 39.2 Å². The normalized spacial score (nSPS) is 16.4. The van der Waals surface area contributed by atoms with Gasteiger partial charge in [-0.3, -0.25) is 23.5 Å². The lowest BCUT2D eigenvalue weighted by Crippen LogP contribution is -2.40. The molecule has 9 nitrogen and oxygen atoms in total. The van der Waals surface area contributed by atoms with Crippen molar-refractivity contribution in [1.29, 1.82) is 0 Å². The topological polar surface area (TPSA) is 115 Å². The molecule has 1 fully saturated rings. The number of fused-ring (bicyclic) bond motifs is 1. The third-order valence-electron chi connectivity index (χ3n) is 6.81. The van der Waals surface area contributed by atoms with Crippen LogP contribution >= 0.6 is 0 Å². The fourth-order valence-electron chi connectivity index (χ4n) is 4.60. The lowest BCUT2D eigenvalue weighted by Gasteiger charge is -2.22. The van der Waals surface area contributed by atoms with Crippen molar-refractivity contribution < 1.29 is 18.5 Å². The van der Waals surface area contributed by atoms with Gasteiger partial charge in [0.15, 0.2) is 0 Å². The highest BCUT2D eigenvalue weighted by Gasteiger charge is 2.25. The molecule has 2 atom stereocenters. The van der Waals surface area contributed by atoms with Crippen LogP contribution in [0.2, 0.25) is 0 Å². The number of carbonyl (C=O) groups excluding carboxylic acids is 2. The van der Waals surface area contributed by atoms with Crippen molar-refractivity contribution in [1.82, 2.24) is 20.1 Å². The van der Waals surface area contributed by atoms with Gasteiger partial charge in [0.05, 0.1) is 45.4 Å². The second-order valence-corrected chi connectivity index (χ2v) is 12.8. The largest absolute Gasteiger partial charge is 0.456 e. The lowest BCUT2D eigenvalue weighted by atomic mass is 10.1. The molecule has 5 rings (SSSR count). The molecule has 2 amide bonds. The number of nitrogens with one attached hydrogen (secondary N) is 2. The van der Waals surface area contributed by atoms with Crippen molar-refractivity contribution in [3.63, 3.8) is 0 Å². The van der Waals surface area contributed by atoms with E-state index in [0.717, 1.165) is 22.0 Å². The number of hydrogen-bond acceptors (Lipinski definition) is 6. The summed E-state index contributed by atoms with van der Waals surface area (Å²) in [5, 5.41) is 10.7. The Bertz CT molecular complexity index is 1600. The average Bonchev–Trinajstić information content (AvgIpc) is 3.39. The van der Waals surface area contributed by atoms with Crippen LogP contribution in [0.5, 0.6) is 11.5 Å². The van der Waals surface area contributed by atoms with Gasteiger partial charge in [0, 0.05) is 35.6 Å². The zero-order valence-electron chi connectivity index (χ0n) is 23.1. The fraction of sp³-hybridized carbons (Fsp3) is 0.333. The van der Waals surface area contributed by atoms with Crippen LogP contribution in [0.15, 0.2) is 66.0 Å². The van der Waals surface area contributed by atoms with Crippen LogP contribution in [0.25, 0.3) is 10.9 Å². The Labute approximate surface area is 235 Å². The molecule has 40 heavy (non-hydrogen) atoms. The number of rotatable bonds is 7. The molecule has 2 aromatic heterocycles. The maximum absolute atomic E-state index is 13.2. The first-order chi connectivity index (χ1) is 19.1. The summed E-state index contributed by atoms with van der Waals surface area (Å²) in [7, 11) is -1.27. The van der Waals surface area contributed by atoms with Gasteiger partial charge in [0.25, 0.3) is 0 Å². The smallest absolute Gasteiger partial charge is 0.228 e. The number of ether oxygens (including phenoxy) is 1. The summed E-state index contributed by atoms with van der Waals surface area (Å²) in [4.78, 5) is 29.3. The summed E-state index contributed by atoms with van der Waals surface area (Å²) in [5.41, 5.74) is 2.98. The highest BCUT2D eigenvalue weighted by molar-refractivity contribution is 7.85. The van der Waals surface area contributed by atoms with E-state index in [1.807, 2.05) is 75.0 Å². The highest BCUT2D eigenvalue weighted by atomic mass is 32.2. The number of hydrogen-bond donors (Lipinski definition) is 2. The third kappa shape index (κ3) is 6.22. The van der Waals surface area contributed by atoms with E-state index in [0.29, 0.717) is 41.5 Å². The summed E-state index contributed by atoms with van der Waals surface area (Å²) in [6, 6.07) is 13.0. The van der Waals surface area contributed by atoms with Crippen molar-refractivity contribution in [2.75, 3.05) is 11.9 Å². The van der Waals surface area contributed by atoms with Crippen LogP contribution in [-0.2, 0) is 32.3 Å².